The highest BCUT2D eigenvalue weighted by molar-refractivity contribution is 7.15. The van der Waals surface area contributed by atoms with Crippen molar-refractivity contribution in [1.29, 1.82) is 0 Å². The predicted octanol–water partition coefficient (Wildman–Crippen LogP) is 0.535. The highest BCUT2D eigenvalue weighted by atomic mass is 32.1. The van der Waals surface area contributed by atoms with Gasteiger partial charge in [-0.05, 0) is 38.8 Å². The maximum absolute atomic E-state index is 12.0. The van der Waals surface area contributed by atoms with Gasteiger partial charge in [0.1, 0.15) is 5.54 Å². The van der Waals surface area contributed by atoms with Crippen LogP contribution < -0.4 is 16.4 Å². The van der Waals surface area contributed by atoms with E-state index < -0.39 is 5.54 Å². The van der Waals surface area contributed by atoms with Gasteiger partial charge in [-0.15, -0.1) is 11.3 Å². The van der Waals surface area contributed by atoms with Gasteiger partial charge in [-0.1, -0.05) is 0 Å². The summed E-state index contributed by atoms with van der Waals surface area (Å²) in [6, 6.07) is -0.384. The summed E-state index contributed by atoms with van der Waals surface area (Å²) >= 11 is 1.51. The molecule has 8 heteroatoms. The lowest BCUT2D eigenvalue weighted by atomic mass is 9.79. The molecule has 4 N–H and O–H groups in total. The van der Waals surface area contributed by atoms with Gasteiger partial charge in [-0.3, -0.25) is 15.0 Å². The van der Waals surface area contributed by atoms with Crippen molar-refractivity contribution in [1.82, 2.24) is 20.5 Å². The summed E-state index contributed by atoms with van der Waals surface area (Å²) in [5.41, 5.74) is 4.87. The van der Waals surface area contributed by atoms with Crippen LogP contribution in [0.1, 0.15) is 24.6 Å². The molecule has 2 fully saturated rings. The van der Waals surface area contributed by atoms with Crippen LogP contribution in [0.3, 0.4) is 0 Å². The summed E-state index contributed by atoms with van der Waals surface area (Å²) in [6.07, 6.45) is 3.59. The summed E-state index contributed by atoms with van der Waals surface area (Å²) < 4.78 is 0. The third kappa shape index (κ3) is 2.73. The Balaban J connectivity index is 1.58. The number of carbonyl (C=O) groups excluding carboxylic acids is 2. The van der Waals surface area contributed by atoms with Gasteiger partial charge in [0, 0.05) is 17.6 Å². The molecule has 2 saturated heterocycles. The van der Waals surface area contributed by atoms with Crippen LogP contribution in [-0.4, -0.2) is 40.5 Å². The van der Waals surface area contributed by atoms with E-state index in [0.717, 1.165) is 37.4 Å². The number of likely N-dealkylation sites (tertiary alicyclic amines) is 1. The molecule has 1 atom stereocenters. The molecule has 2 aliphatic heterocycles. The van der Waals surface area contributed by atoms with E-state index in [9.17, 15) is 9.59 Å². The zero-order valence-corrected chi connectivity index (χ0v) is 12.7. The van der Waals surface area contributed by atoms with Crippen molar-refractivity contribution >= 4 is 28.4 Å². The third-order valence-corrected chi connectivity index (χ3v) is 5.24. The number of amides is 3. The van der Waals surface area contributed by atoms with Gasteiger partial charge >= 0.3 is 6.03 Å². The topological polar surface area (TPSA) is 100 Å². The van der Waals surface area contributed by atoms with Crippen molar-refractivity contribution in [2.75, 3.05) is 18.8 Å². The molecule has 7 nitrogen and oxygen atoms in total. The third-order valence-electron chi connectivity index (χ3n) is 4.43. The fraction of sp³-hybridized carbons (Fsp3) is 0.615. The standard InChI is InChI=1S/C13H19N5O2S/c1-13(10(19)16-12(20)17-13)8-2-4-18(5-3-8)7-9-6-15-11(14)21-9/h6,8H,2-5,7H2,1H3,(H2,14,15)(H2,16,17,19,20). The molecule has 0 saturated carbocycles. The van der Waals surface area contributed by atoms with Gasteiger partial charge in [-0.25, -0.2) is 9.78 Å². The molecule has 0 aliphatic carbocycles. The molecule has 3 rings (SSSR count). The molecule has 3 amide bonds. The van der Waals surface area contributed by atoms with Gasteiger partial charge < -0.3 is 11.1 Å². The molecule has 21 heavy (non-hydrogen) atoms. The average Bonchev–Trinajstić information content (AvgIpc) is 2.95. The van der Waals surface area contributed by atoms with Crippen molar-refractivity contribution < 1.29 is 9.59 Å². The minimum absolute atomic E-state index is 0.173. The molecule has 2 aliphatic rings. The van der Waals surface area contributed by atoms with E-state index in [1.807, 2.05) is 13.1 Å². The number of nitrogens with zero attached hydrogens (tertiary/aromatic N) is 2. The number of aromatic nitrogens is 1. The summed E-state index contributed by atoms with van der Waals surface area (Å²) in [5.74, 6) is -0.0343. The Morgan fingerprint density at radius 2 is 2.19 bits per heavy atom. The molecule has 0 bridgehead atoms. The van der Waals surface area contributed by atoms with Crippen molar-refractivity contribution in [2.24, 2.45) is 5.92 Å². The molecular formula is C13H19N5O2S. The van der Waals surface area contributed by atoms with Crippen LogP contribution in [0.25, 0.3) is 0 Å². The van der Waals surface area contributed by atoms with Crippen LogP contribution in [0.4, 0.5) is 9.93 Å². The zero-order chi connectivity index (χ0) is 15.0. The van der Waals surface area contributed by atoms with E-state index in [0.29, 0.717) is 5.13 Å². The van der Waals surface area contributed by atoms with Crippen LogP contribution >= 0.6 is 11.3 Å². The fourth-order valence-electron chi connectivity index (χ4n) is 3.13. The van der Waals surface area contributed by atoms with Crippen molar-refractivity contribution in [2.45, 2.75) is 31.8 Å². The molecule has 114 valence electrons. The first kappa shape index (κ1) is 14.3. The molecule has 0 radical (unpaired) electrons. The zero-order valence-electron chi connectivity index (χ0n) is 11.9. The number of carbonyl (C=O) groups is 2. The molecule has 3 heterocycles. The number of hydrogen-bond donors (Lipinski definition) is 3. The predicted molar refractivity (Wildman–Crippen MR) is 79.6 cm³/mol. The van der Waals surface area contributed by atoms with Crippen molar-refractivity contribution in [3.05, 3.63) is 11.1 Å². The summed E-state index contributed by atoms with van der Waals surface area (Å²) in [5, 5.41) is 5.71. The fourth-order valence-corrected chi connectivity index (χ4v) is 3.86. The van der Waals surface area contributed by atoms with E-state index in [1.165, 1.54) is 11.3 Å². The highest BCUT2D eigenvalue weighted by Crippen LogP contribution is 2.31. The van der Waals surface area contributed by atoms with Crippen LogP contribution in [0.5, 0.6) is 0 Å². The number of nitrogens with one attached hydrogen (secondary N) is 2. The number of hydrogen-bond acceptors (Lipinski definition) is 6. The Labute approximate surface area is 126 Å². The van der Waals surface area contributed by atoms with E-state index in [1.54, 1.807) is 0 Å². The molecule has 0 aromatic carbocycles. The van der Waals surface area contributed by atoms with E-state index in [2.05, 4.69) is 20.5 Å². The number of anilines is 1. The Kier molecular flexibility index (Phi) is 3.58. The number of thiazole rings is 1. The second kappa shape index (κ2) is 5.27. The first-order valence-electron chi connectivity index (χ1n) is 7.03. The summed E-state index contributed by atoms with van der Waals surface area (Å²) in [4.78, 5) is 30.9. The quantitative estimate of drug-likeness (QED) is 0.707. The van der Waals surface area contributed by atoms with Crippen LogP contribution in [0.15, 0.2) is 6.20 Å². The largest absolute Gasteiger partial charge is 0.375 e. The number of urea groups is 1. The lowest BCUT2D eigenvalue weighted by Crippen LogP contribution is -2.53. The smallest absolute Gasteiger partial charge is 0.322 e. The molecule has 1 unspecified atom stereocenters. The number of piperidine rings is 1. The lowest BCUT2D eigenvalue weighted by molar-refractivity contribution is -0.125. The Bertz CT molecular complexity index is 567. The molecule has 0 spiro atoms. The van der Waals surface area contributed by atoms with Crippen molar-refractivity contribution in [3.8, 4) is 0 Å². The average molecular weight is 309 g/mol. The molecule has 1 aromatic heterocycles. The monoisotopic (exact) mass is 309 g/mol. The SMILES string of the molecule is CC1(C2CCN(Cc3cnc(N)s3)CC2)NC(=O)NC1=O. The normalized spacial score (nSPS) is 27.7. The maximum atomic E-state index is 12.0. The molecular weight excluding hydrogens is 290 g/mol. The summed E-state index contributed by atoms with van der Waals surface area (Å²) in [6.45, 7) is 4.47. The lowest BCUT2D eigenvalue weighted by Gasteiger charge is -2.38. The number of imide groups is 1. The van der Waals surface area contributed by atoms with Gasteiger partial charge in [-0.2, -0.15) is 0 Å². The van der Waals surface area contributed by atoms with Crippen LogP contribution in [0, 0.1) is 5.92 Å². The number of nitrogens with two attached hydrogens (primary N) is 1. The van der Waals surface area contributed by atoms with Gasteiger partial charge in [0.25, 0.3) is 5.91 Å². The first-order chi connectivity index (χ1) is 9.97. The minimum atomic E-state index is -0.766. The Hall–Kier alpha value is -1.67. The van der Waals surface area contributed by atoms with E-state index in [-0.39, 0.29) is 17.9 Å². The van der Waals surface area contributed by atoms with Gasteiger partial charge in [0.15, 0.2) is 5.13 Å². The maximum Gasteiger partial charge on any atom is 0.322 e. The first-order valence-corrected chi connectivity index (χ1v) is 7.85. The van der Waals surface area contributed by atoms with Gasteiger partial charge in [0.2, 0.25) is 0 Å². The number of rotatable bonds is 3. The van der Waals surface area contributed by atoms with E-state index >= 15 is 0 Å². The van der Waals surface area contributed by atoms with Gasteiger partial charge in [0.05, 0.1) is 0 Å². The van der Waals surface area contributed by atoms with E-state index in [4.69, 9.17) is 5.73 Å². The Morgan fingerprint density at radius 1 is 1.48 bits per heavy atom. The second-order valence-corrected chi connectivity index (χ2v) is 6.97. The number of nitrogen functional groups attached to an aromatic ring is 1. The second-order valence-electron chi connectivity index (χ2n) is 5.83. The highest BCUT2D eigenvalue weighted by Gasteiger charge is 2.48. The Morgan fingerprint density at radius 3 is 2.71 bits per heavy atom. The van der Waals surface area contributed by atoms with Crippen LogP contribution in [0.2, 0.25) is 0 Å². The molecule has 1 aromatic rings. The summed E-state index contributed by atoms with van der Waals surface area (Å²) in [7, 11) is 0. The van der Waals surface area contributed by atoms with Crippen LogP contribution in [-0.2, 0) is 11.3 Å². The van der Waals surface area contributed by atoms with Crippen molar-refractivity contribution in [3.63, 3.8) is 0 Å². The minimum Gasteiger partial charge on any atom is -0.375 e.